The minimum absolute atomic E-state index is 0.231. The van der Waals surface area contributed by atoms with E-state index in [0.717, 1.165) is 10.1 Å². The lowest BCUT2D eigenvalue weighted by molar-refractivity contribution is 0.102. The number of benzene rings is 2. The molecule has 0 saturated carbocycles. The van der Waals surface area contributed by atoms with Crippen LogP contribution in [0.25, 0.3) is 0 Å². The highest BCUT2D eigenvalue weighted by molar-refractivity contribution is 8.00. The first-order valence-corrected chi connectivity index (χ1v) is 9.41. The smallest absolute Gasteiger partial charge is 0.257 e. The Morgan fingerprint density at radius 2 is 2.00 bits per heavy atom. The zero-order chi connectivity index (χ0) is 17.6. The van der Waals surface area contributed by atoms with E-state index < -0.39 is 0 Å². The topological polar surface area (TPSA) is 64.1 Å². The minimum atomic E-state index is -0.231. The summed E-state index contributed by atoms with van der Waals surface area (Å²) in [6, 6.07) is 15.4. The van der Waals surface area contributed by atoms with Crippen LogP contribution >= 0.6 is 23.1 Å². The number of nitrogens with one attached hydrogen (secondary N) is 1. The molecule has 0 spiro atoms. The van der Waals surface area contributed by atoms with Gasteiger partial charge in [0, 0.05) is 11.3 Å². The molecule has 0 aliphatic heterocycles. The van der Waals surface area contributed by atoms with E-state index in [2.05, 4.69) is 46.7 Å². The van der Waals surface area contributed by atoms with E-state index in [0.29, 0.717) is 16.4 Å². The van der Waals surface area contributed by atoms with E-state index >= 15 is 0 Å². The van der Waals surface area contributed by atoms with Crippen molar-refractivity contribution in [2.45, 2.75) is 17.0 Å². The summed E-state index contributed by atoms with van der Waals surface area (Å²) in [5, 5.41) is 11.4. The molecule has 1 amide bonds. The molecule has 2 aromatic carbocycles. The average molecular weight is 371 g/mol. The van der Waals surface area contributed by atoms with Gasteiger partial charge in [-0.3, -0.25) is 10.1 Å². The molecular formula is C18H17N3O2S2. The first-order chi connectivity index (χ1) is 12.1. The Bertz CT molecular complexity index is 863. The number of carbonyl (C=O) groups excluding carboxylic acids is 1. The highest BCUT2D eigenvalue weighted by Gasteiger charge is 2.11. The van der Waals surface area contributed by atoms with Crippen molar-refractivity contribution in [3.8, 4) is 5.75 Å². The number of rotatable bonds is 6. The lowest BCUT2D eigenvalue weighted by Crippen LogP contribution is -2.11. The summed E-state index contributed by atoms with van der Waals surface area (Å²) in [6.45, 7) is 2.07. The third-order valence-corrected chi connectivity index (χ3v) is 5.48. The minimum Gasteiger partial charge on any atom is -0.497 e. The number of carbonyl (C=O) groups is 1. The van der Waals surface area contributed by atoms with Gasteiger partial charge in [0.2, 0.25) is 5.13 Å². The zero-order valence-electron chi connectivity index (χ0n) is 13.9. The van der Waals surface area contributed by atoms with Gasteiger partial charge in [0.05, 0.1) is 7.11 Å². The van der Waals surface area contributed by atoms with Crippen LogP contribution in [0.1, 0.15) is 21.5 Å². The molecule has 3 aromatic rings. The third-order valence-electron chi connectivity index (χ3n) is 3.44. The number of aromatic nitrogens is 2. The molecule has 0 radical (unpaired) electrons. The van der Waals surface area contributed by atoms with Gasteiger partial charge in [0.1, 0.15) is 5.75 Å². The molecule has 1 heterocycles. The fourth-order valence-corrected chi connectivity index (χ4v) is 3.78. The lowest BCUT2D eigenvalue weighted by Gasteiger charge is -2.03. The van der Waals surface area contributed by atoms with E-state index in [1.54, 1.807) is 43.1 Å². The Morgan fingerprint density at radius 1 is 1.20 bits per heavy atom. The number of aryl methyl sites for hydroxylation is 1. The summed E-state index contributed by atoms with van der Waals surface area (Å²) < 4.78 is 5.95. The van der Waals surface area contributed by atoms with Crippen molar-refractivity contribution in [2.75, 3.05) is 12.4 Å². The number of hydrogen-bond acceptors (Lipinski definition) is 6. The largest absolute Gasteiger partial charge is 0.497 e. The number of amides is 1. The Morgan fingerprint density at radius 3 is 2.76 bits per heavy atom. The van der Waals surface area contributed by atoms with Gasteiger partial charge in [-0.2, -0.15) is 0 Å². The molecule has 0 atom stereocenters. The van der Waals surface area contributed by atoms with Crippen molar-refractivity contribution < 1.29 is 9.53 Å². The van der Waals surface area contributed by atoms with Gasteiger partial charge < -0.3 is 4.74 Å². The summed E-state index contributed by atoms with van der Waals surface area (Å²) in [4.78, 5) is 12.3. The Balaban J connectivity index is 1.59. The number of thioether (sulfide) groups is 1. The monoisotopic (exact) mass is 371 g/mol. The van der Waals surface area contributed by atoms with E-state index in [-0.39, 0.29) is 5.91 Å². The predicted molar refractivity (Wildman–Crippen MR) is 102 cm³/mol. The first kappa shape index (κ1) is 17.4. The Kier molecular flexibility index (Phi) is 5.67. The van der Waals surface area contributed by atoms with Crippen LogP contribution < -0.4 is 10.1 Å². The fraction of sp³-hybridized carbons (Fsp3) is 0.167. The fourth-order valence-electron chi connectivity index (χ4n) is 2.08. The Hall–Kier alpha value is -2.38. The molecule has 0 unspecified atom stereocenters. The highest BCUT2D eigenvalue weighted by atomic mass is 32.2. The first-order valence-electron chi connectivity index (χ1n) is 7.61. The quantitative estimate of drug-likeness (QED) is 0.514. The maximum Gasteiger partial charge on any atom is 0.257 e. The number of nitrogens with zero attached hydrogens (tertiary/aromatic N) is 2. The second kappa shape index (κ2) is 8.13. The van der Waals surface area contributed by atoms with Gasteiger partial charge in [-0.25, -0.2) is 0 Å². The van der Waals surface area contributed by atoms with E-state index in [4.69, 9.17) is 4.74 Å². The highest BCUT2D eigenvalue weighted by Crippen LogP contribution is 2.28. The molecule has 3 rings (SSSR count). The molecule has 5 nitrogen and oxygen atoms in total. The maximum atomic E-state index is 12.3. The molecular weight excluding hydrogens is 354 g/mol. The van der Waals surface area contributed by atoms with Crippen LogP contribution in [0.4, 0.5) is 5.13 Å². The summed E-state index contributed by atoms with van der Waals surface area (Å²) in [5.74, 6) is 1.23. The second-order valence-electron chi connectivity index (χ2n) is 5.33. The van der Waals surface area contributed by atoms with Crippen LogP contribution in [0.5, 0.6) is 5.75 Å². The second-order valence-corrected chi connectivity index (χ2v) is 7.53. The SMILES string of the molecule is COc1cccc(C(=O)Nc2nnc(SCc3ccc(C)cc3)s2)c1. The van der Waals surface area contributed by atoms with Crippen molar-refractivity contribution in [1.29, 1.82) is 0 Å². The van der Waals surface area contributed by atoms with E-state index in [9.17, 15) is 4.79 Å². The van der Waals surface area contributed by atoms with Gasteiger partial charge in [0.15, 0.2) is 4.34 Å². The summed E-state index contributed by atoms with van der Waals surface area (Å²) in [5.41, 5.74) is 2.99. The standard InChI is InChI=1S/C18H17N3O2S2/c1-12-6-8-13(9-7-12)11-24-18-21-20-17(25-18)19-16(22)14-4-3-5-15(10-14)23-2/h3-10H,11H2,1-2H3,(H,19,20,22). The van der Waals surface area contributed by atoms with Crippen LogP contribution in [0.3, 0.4) is 0 Å². The van der Waals surface area contributed by atoms with Gasteiger partial charge >= 0.3 is 0 Å². The number of ether oxygens (including phenoxy) is 1. The van der Waals surface area contributed by atoms with Crippen molar-refractivity contribution >= 4 is 34.1 Å². The third kappa shape index (κ3) is 4.80. The normalized spacial score (nSPS) is 10.5. The van der Waals surface area contributed by atoms with Crippen molar-refractivity contribution in [1.82, 2.24) is 10.2 Å². The molecule has 1 aromatic heterocycles. The van der Waals surface area contributed by atoms with Crippen LogP contribution in [0.15, 0.2) is 52.9 Å². The molecule has 7 heteroatoms. The average Bonchev–Trinajstić information content (AvgIpc) is 3.08. The molecule has 0 bridgehead atoms. The van der Waals surface area contributed by atoms with Crippen molar-refractivity contribution in [2.24, 2.45) is 0 Å². The van der Waals surface area contributed by atoms with Gasteiger partial charge in [0.25, 0.3) is 5.91 Å². The van der Waals surface area contributed by atoms with E-state index in [1.807, 2.05) is 0 Å². The van der Waals surface area contributed by atoms with Crippen LogP contribution in [0.2, 0.25) is 0 Å². The summed E-state index contributed by atoms with van der Waals surface area (Å²) >= 11 is 2.97. The lowest BCUT2D eigenvalue weighted by atomic mass is 10.2. The maximum absolute atomic E-state index is 12.3. The van der Waals surface area contributed by atoms with Crippen LogP contribution in [0, 0.1) is 6.92 Å². The van der Waals surface area contributed by atoms with Crippen molar-refractivity contribution in [3.63, 3.8) is 0 Å². The number of anilines is 1. The molecule has 0 aliphatic rings. The molecule has 0 aliphatic carbocycles. The molecule has 25 heavy (non-hydrogen) atoms. The molecule has 0 saturated heterocycles. The zero-order valence-corrected chi connectivity index (χ0v) is 15.5. The molecule has 0 fully saturated rings. The molecule has 1 N–H and O–H groups in total. The predicted octanol–water partition coefficient (Wildman–Crippen LogP) is 4.40. The van der Waals surface area contributed by atoms with Gasteiger partial charge in [-0.1, -0.05) is 59.0 Å². The van der Waals surface area contributed by atoms with Gasteiger partial charge in [-0.15, -0.1) is 10.2 Å². The summed E-state index contributed by atoms with van der Waals surface area (Å²) in [7, 11) is 1.57. The summed E-state index contributed by atoms with van der Waals surface area (Å²) in [6.07, 6.45) is 0. The van der Waals surface area contributed by atoms with E-state index in [1.165, 1.54) is 22.5 Å². The van der Waals surface area contributed by atoms with Crippen molar-refractivity contribution in [3.05, 3.63) is 65.2 Å². The number of methoxy groups -OCH3 is 1. The van der Waals surface area contributed by atoms with Crippen LogP contribution in [-0.2, 0) is 5.75 Å². The number of hydrogen-bond donors (Lipinski definition) is 1. The Labute approximate surface area is 154 Å². The van der Waals surface area contributed by atoms with Crippen LogP contribution in [-0.4, -0.2) is 23.2 Å². The molecule has 128 valence electrons. The van der Waals surface area contributed by atoms with Gasteiger partial charge in [-0.05, 0) is 30.7 Å².